The quantitative estimate of drug-likeness (QED) is 0.804. The van der Waals surface area contributed by atoms with E-state index in [4.69, 9.17) is 4.74 Å². The van der Waals surface area contributed by atoms with Gasteiger partial charge in [0, 0.05) is 50.8 Å². The number of carbonyl (C=O) groups is 3. The molecule has 2 N–H and O–H groups in total. The summed E-state index contributed by atoms with van der Waals surface area (Å²) in [5.74, 6) is 0.409. The normalized spacial score (nSPS) is 19.4. The summed E-state index contributed by atoms with van der Waals surface area (Å²) in [5.41, 5.74) is 1.33. The number of rotatable bonds is 4. The van der Waals surface area contributed by atoms with Gasteiger partial charge in [0.2, 0.25) is 11.8 Å². The molecule has 0 spiro atoms. The lowest BCUT2D eigenvalue weighted by Gasteiger charge is -2.31. The van der Waals surface area contributed by atoms with Crippen molar-refractivity contribution >= 4 is 23.5 Å². The number of hydrogen-bond donors (Lipinski definition) is 2. The SMILES string of the molecule is CC(=O)Nc1ccc2c(c1)CC(=O)N(C)C[C@@H](C)[C@@H](CN(C)C(=O)NC(C)C)O2. The van der Waals surface area contributed by atoms with E-state index in [0.717, 1.165) is 0 Å². The zero-order chi connectivity index (χ0) is 21.7. The van der Waals surface area contributed by atoms with Crippen molar-refractivity contribution in [1.29, 1.82) is 0 Å². The highest BCUT2D eigenvalue weighted by atomic mass is 16.5. The number of benzene rings is 1. The average molecular weight is 405 g/mol. The Morgan fingerprint density at radius 2 is 2.03 bits per heavy atom. The molecule has 2 atom stereocenters. The fraction of sp³-hybridized carbons (Fsp3) is 0.571. The van der Waals surface area contributed by atoms with Gasteiger partial charge < -0.3 is 25.2 Å². The van der Waals surface area contributed by atoms with Crippen LogP contribution in [0.4, 0.5) is 10.5 Å². The van der Waals surface area contributed by atoms with Gasteiger partial charge in [-0.05, 0) is 32.0 Å². The Hall–Kier alpha value is -2.77. The van der Waals surface area contributed by atoms with Crippen LogP contribution in [0.1, 0.15) is 33.3 Å². The summed E-state index contributed by atoms with van der Waals surface area (Å²) in [6.07, 6.45) is -0.112. The highest BCUT2D eigenvalue weighted by molar-refractivity contribution is 5.89. The molecule has 8 heteroatoms. The Bertz CT molecular complexity index is 765. The molecule has 0 aromatic heterocycles. The molecule has 160 valence electrons. The van der Waals surface area contributed by atoms with E-state index in [2.05, 4.69) is 10.6 Å². The first-order valence-electron chi connectivity index (χ1n) is 9.89. The number of carbonyl (C=O) groups excluding carboxylic acids is 3. The summed E-state index contributed by atoms with van der Waals surface area (Å²) in [7, 11) is 3.50. The Morgan fingerprint density at radius 3 is 2.66 bits per heavy atom. The molecule has 0 radical (unpaired) electrons. The third-order valence-electron chi connectivity index (χ3n) is 4.84. The van der Waals surface area contributed by atoms with E-state index in [1.165, 1.54) is 6.92 Å². The average Bonchev–Trinajstić information content (AvgIpc) is 2.64. The Balaban J connectivity index is 2.30. The van der Waals surface area contributed by atoms with Gasteiger partial charge in [-0.15, -0.1) is 0 Å². The summed E-state index contributed by atoms with van der Waals surface area (Å²) in [5, 5.41) is 5.61. The monoisotopic (exact) mass is 404 g/mol. The van der Waals surface area contributed by atoms with Crippen LogP contribution < -0.4 is 15.4 Å². The fourth-order valence-electron chi connectivity index (χ4n) is 3.27. The van der Waals surface area contributed by atoms with E-state index in [-0.39, 0.29) is 42.3 Å². The molecule has 1 heterocycles. The van der Waals surface area contributed by atoms with E-state index >= 15 is 0 Å². The van der Waals surface area contributed by atoms with E-state index in [1.807, 2.05) is 20.8 Å². The second-order valence-corrected chi connectivity index (χ2v) is 8.07. The molecule has 29 heavy (non-hydrogen) atoms. The minimum atomic E-state index is -0.295. The predicted octanol–water partition coefficient (Wildman–Crippen LogP) is 2.09. The van der Waals surface area contributed by atoms with E-state index < -0.39 is 0 Å². The second kappa shape index (κ2) is 9.62. The molecule has 1 aliphatic heterocycles. The van der Waals surface area contributed by atoms with Crippen LogP contribution in [0.15, 0.2) is 18.2 Å². The van der Waals surface area contributed by atoms with Crippen LogP contribution in [0, 0.1) is 5.92 Å². The molecule has 2 rings (SSSR count). The van der Waals surface area contributed by atoms with Gasteiger partial charge >= 0.3 is 6.03 Å². The molecule has 0 bridgehead atoms. The van der Waals surface area contributed by atoms with Crippen LogP contribution in [-0.2, 0) is 16.0 Å². The van der Waals surface area contributed by atoms with Crippen molar-refractivity contribution in [3.8, 4) is 5.75 Å². The van der Waals surface area contributed by atoms with Crippen molar-refractivity contribution < 1.29 is 19.1 Å². The molecular formula is C21H32N4O4. The van der Waals surface area contributed by atoms with E-state index in [0.29, 0.717) is 30.1 Å². The summed E-state index contributed by atoms with van der Waals surface area (Å²) in [6.45, 7) is 8.18. The Morgan fingerprint density at radius 1 is 1.34 bits per heavy atom. The standard InChI is InChI=1S/C21H32N4O4/c1-13(2)22-21(28)25(6)12-19-14(3)11-24(5)20(27)10-16-9-17(23-15(4)26)7-8-18(16)29-19/h7-9,13-14,19H,10-12H2,1-6H3,(H,22,28)(H,23,26)/t14-,19-/m1/s1. The minimum Gasteiger partial charge on any atom is -0.488 e. The van der Waals surface area contributed by atoms with Gasteiger partial charge in [0.15, 0.2) is 0 Å². The number of nitrogens with one attached hydrogen (secondary N) is 2. The van der Waals surface area contributed by atoms with Crippen molar-refractivity contribution in [2.75, 3.05) is 32.5 Å². The van der Waals surface area contributed by atoms with Crippen LogP contribution in [0.5, 0.6) is 5.75 Å². The predicted molar refractivity (Wildman–Crippen MR) is 112 cm³/mol. The summed E-state index contributed by atoms with van der Waals surface area (Å²) < 4.78 is 6.30. The number of urea groups is 1. The molecular weight excluding hydrogens is 372 g/mol. The summed E-state index contributed by atoms with van der Waals surface area (Å²) in [6, 6.07) is 5.17. The molecule has 0 saturated carbocycles. The number of nitrogens with zero attached hydrogens (tertiary/aromatic N) is 2. The molecule has 1 aliphatic rings. The summed E-state index contributed by atoms with van der Waals surface area (Å²) in [4.78, 5) is 39.6. The van der Waals surface area contributed by atoms with Crippen LogP contribution in [0.3, 0.4) is 0 Å². The second-order valence-electron chi connectivity index (χ2n) is 8.07. The number of amides is 4. The van der Waals surface area contributed by atoms with Gasteiger partial charge in [0.05, 0.1) is 13.0 Å². The maximum Gasteiger partial charge on any atom is 0.317 e. The first-order chi connectivity index (χ1) is 13.6. The van der Waals surface area contributed by atoms with Gasteiger partial charge in [0.1, 0.15) is 11.9 Å². The third-order valence-corrected chi connectivity index (χ3v) is 4.84. The van der Waals surface area contributed by atoms with Gasteiger partial charge in [-0.3, -0.25) is 9.59 Å². The molecule has 1 aromatic rings. The van der Waals surface area contributed by atoms with Gasteiger partial charge in [0.25, 0.3) is 0 Å². The smallest absolute Gasteiger partial charge is 0.317 e. The Labute approximate surface area is 172 Å². The first kappa shape index (κ1) is 22.5. The molecule has 0 unspecified atom stereocenters. The van der Waals surface area contributed by atoms with E-state index in [1.54, 1.807) is 42.1 Å². The lowest BCUT2D eigenvalue weighted by atomic mass is 10.0. The van der Waals surface area contributed by atoms with Gasteiger partial charge in [-0.2, -0.15) is 0 Å². The molecule has 8 nitrogen and oxygen atoms in total. The molecule has 1 aromatic carbocycles. The van der Waals surface area contributed by atoms with Crippen LogP contribution in [0.2, 0.25) is 0 Å². The maximum atomic E-state index is 12.6. The highest BCUT2D eigenvalue weighted by Crippen LogP contribution is 2.28. The highest BCUT2D eigenvalue weighted by Gasteiger charge is 2.29. The largest absolute Gasteiger partial charge is 0.488 e. The Kier molecular flexibility index (Phi) is 7.47. The van der Waals surface area contributed by atoms with Crippen molar-refractivity contribution in [3.05, 3.63) is 23.8 Å². The van der Waals surface area contributed by atoms with Gasteiger partial charge in [-0.1, -0.05) is 6.92 Å². The zero-order valence-electron chi connectivity index (χ0n) is 18.1. The fourth-order valence-corrected chi connectivity index (χ4v) is 3.27. The van der Waals surface area contributed by atoms with Crippen LogP contribution >= 0.6 is 0 Å². The van der Waals surface area contributed by atoms with Crippen molar-refractivity contribution in [2.24, 2.45) is 5.92 Å². The van der Waals surface area contributed by atoms with Crippen molar-refractivity contribution in [2.45, 2.75) is 46.3 Å². The molecule has 0 aliphatic carbocycles. The topological polar surface area (TPSA) is 91.0 Å². The first-order valence-corrected chi connectivity index (χ1v) is 9.89. The maximum absolute atomic E-state index is 12.6. The minimum absolute atomic E-state index is 0.0132. The number of anilines is 1. The number of likely N-dealkylation sites (N-methyl/N-ethyl adjacent to an activating group) is 2. The lowest BCUT2D eigenvalue weighted by Crippen LogP contribution is -2.48. The number of hydrogen-bond acceptors (Lipinski definition) is 4. The van der Waals surface area contributed by atoms with Gasteiger partial charge in [-0.25, -0.2) is 4.79 Å². The molecule has 4 amide bonds. The molecule has 0 saturated heterocycles. The van der Waals surface area contributed by atoms with Crippen LogP contribution in [0.25, 0.3) is 0 Å². The van der Waals surface area contributed by atoms with Crippen LogP contribution in [-0.4, -0.2) is 67.0 Å². The van der Waals surface area contributed by atoms with Crippen molar-refractivity contribution in [3.63, 3.8) is 0 Å². The lowest BCUT2D eigenvalue weighted by molar-refractivity contribution is -0.129. The zero-order valence-corrected chi connectivity index (χ0v) is 18.1. The van der Waals surface area contributed by atoms with Crippen molar-refractivity contribution in [1.82, 2.24) is 15.1 Å². The molecule has 0 fully saturated rings. The summed E-state index contributed by atoms with van der Waals surface area (Å²) >= 11 is 0. The number of fused-ring (bicyclic) bond motifs is 1. The van der Waals surface area contributed by atoms with E-state index in [9.17, 15) is 14.4 Å². The third kappa shape index (κ3) is 6.37. The number of ether oxygens (including phenoxy) is 1.